The van der Waals surface area contributed by atoms with Crippen LogP contribution in [0.4, 0.5) is 0 Å². The molecule has 1 N–H and O–H groups in total. The molecule has 1 aliphatic rings. The van der Waals surface area contributed by atoms with Crippen LogP contribution in [0.5, 0.6) is 0 Å². The fraction of sp³-hybridized carbons (Fsp3) is 0.938. The molecule has 0 spiro atoms. The minimum atomic E-state index is -0.122. The number of piperidine rings is 1. The summed E-state index contributed by atoms with van der Waals surface area (Å²) in [5, 5.41) is 3.67. The molecule has 1 heterocycles. The lowest BCUT2D eigenvalue weighted by molar-refractivity contribution is -0.142. The Morgan fingerprint density at radius 3 is 2.75 bits per heavy atom. The summed E-state index contributed by atoms with van der Waals surface area (Å²) in [5.41, 5.74) is 0. The Morgan fingerprint density at radius 1 is 1.40 bits per heavy atom. The maximum absolute atomic E-state index is 11.5. The predicted octanol–water partition coefficient (Wildman–Crippen LogP) is 2.29. The first kappa shape index (κ1) is 17.4. The molecule has 20 heavy (non-hydrogen) atoms. The summed E-state index contributed by atoms with van der Waals surface area (Å²) in [4.78, 5) is 13.7. The van der Waals surface area contributed by atoms with Crippen molar-refractivity contribution in [2.75, 3.05) is 33.3 Å². The zero-order valence-corrected chi connectivity index (χ0v) is 13.7. The number of nitrogens with zero attached hydrogens (tertiary/aromatic N) is 1. The van der Waals surface area contributed by atoms with E-state index in [-0.39, 0.29) is 5.97 Å². The standard InChI is InChI=1S/C16H32N2O2/c1-5-6-14-9-15(17-8-7-13(2)3)11-18(10-14)12-16(19)20-4/h13-15,17H,5-12H2,1-4H3. The van der Waals surface area contributed by atoms with E-state index in [1.807, 2.05) is 0 Å². The summed E-state index contributed by atoms with van der Waals surface area (Å²) < 4.78 is 4.79. The third kappa shape index (κ3) is 6.71. The maximum Gasteiger partial charge on any atom is 0.319 e. The summed E-state index contributed by atoms with van der Waals surface area (Å²) in [6.45, 7) is 10.3. The lowest BCUT2D eigenvalue weighted by atomic mass is 9.90. The minimum Gasteiger partial charge on any atom is -0.468 e. The Balaban J connectivity index is 2.45. The van der Waals surface area contributed by atoms with Crippen LogP contribution in [-0.4, -0.2) is 50.2 Å². The van der Waals surface area contributed by atoms with Crippen LogP contribution in [0.3, 0.4) is 0 Å². The highest BCUT2D eigenvalue weighted by Gasteiger charge is 2.27. The first-order chi connectivity index (χ1) is 9.55. The van der Waals surface area contributed by atoms with E-state index in [2.05, 4.69) is 31.0 Å². The van der Waals surface area contributed by atoms with Gasteiger partial charge in [0.15, 0.2) is 0 Å². The van der Waals surface area contributed by atoms with Gasteiger partial charge in [0, 0.05) is 19.1 Å². The van der Waals surface area contributed by atoms with Crippen LogP contribution in [0.25, 0.3) is 0 Å². The van der Waals surface area contributed by atoms with Crippen molar-refractivity contribution in [3.05, 3.63) is 0 Å². The molecule has 0 amide bonds. The van der Waals surface area contributed by atoms with Gasteiger partial charge in [0.2, 0.25) is 0 Å². The number of ether oxygens (including phenoxy) is 1. The zero-order chi connectivity index (χ0) is 15.0. The van der Waals surface area contributed by atoms with Crippen LogP contribution < -0.4 is 5.32 Å². The van der Waals surface area contributed by atoms with E-state index in [0.29, 0.717) is 18.5 Å². The van der Waals surface area contributed by atoms with E-state index < -0.39 is 0 Å². The third-order valence-corrected chi connectivity index (χ3v) is 4.04. The molecule has 0 aromatic rings. The molecule has 4 heteroatoms. The third-order valence-electron chi connectivity index (χ3n) is 4.04. The molecule has 0 radical (unpaired) electrons. The normalized spacial score (nSPS) is 24.1. The number of methoxy groups -OCH3 is 1. The second-order valence-electron chi connectivity index (χ2n) is 6.49. The number of esters is 1. The quantitative estimate of drug-likeness (QED) is 0.694. The lowest BCUT2D eigenvalue weighted by Gasteiger charge is -2.37. The highest BCUT2D eigenvalue weighted by molar-refractivity contribution is 5.71. The highest BCUT2D eigenvalue weighted by Crippen LogP contribution is 2.21. The lowest BCUT2D eigenvalue weighted by Crippen LogP contribution is -2.50. The fourth-order valence-electron chi connectivity index (χ4n) is 3.02. The molecule has 1 fully saturated rings. The molecule has 118 valence electrons. The van der Waals surface area contributed by atoms with Gasteiger partial charge in [-0.15, -0.1) is 0 Å². The molecule has 0 saturated carbocycles. The number of hydrogen-bond donors (Lipinski definition) is 1. The van der Waals surface area contributed by atoms with Gasteiger partial charge >= 0.3 is 5.97 Å². The minimum absolute atomic E-state index is 0.122. The van der Waals surface area contributed by atoms with Gasteiger partial charge in [0.05, 0.1) is 13.7 Å². The van der Waals surface area contributed by atoms with Crippen molar-refractivity contribution in [3.63, 3.8) is 0 Å². The maximum atomic E-state index is 11.5. The molecule has 4 nitrogen and oxygen atoms in total. The predicted molar refractivity (Wildman–Crippen MR) is 82.7 cm³/mol. The van der Waals surface area contributed by atoms with Crippen molar-refractivity contribution >= 4 is 5.97 Å². The van der Waals surface area contributed by atoms with E-state index in [4.69, 9.17) is 4.74 Å². The summed E-state index contributed by atoms with van der Waals surface area (Å²) in [6, 6.07) is 0.517. The smallest absolute Gasteiger partial charge is 0.319 e. The fourth-order valence-corrected chi connectivity index (χ4v) is 3.02. The second kappa shape index (κ2) is 9.35. The molecule has 1 rings (SSSR count). The van der Waals surface area contributed by atoms with E-state index in [1.165, 1.54) is 32.8 Å². The summed E-state index contributed by atoms with van der Waals surface area (Å²) in [7, 11) is 1.47. The van der Waals surface area contributed by atoms with Crippen molar-refractivity contribution in [1.82, 2.24) is 10.2 Å². The van der Waals surface area contributed by atoms with Crippen LogP contribution in [0.2, 0.25) is 0 Å². The molecule has 0 aromatic heterocycles. The van der Waals surface area contributed by atoms with Gasteiger partial charge in [-0.2, -0.15) is 0 Å². The van der Waals surface area contributed by atoms with Crippen LogP contribution in [0, 0.1) is 11.8 Å². The molecule has 1 aliphatic heterocycles. The Bertz CT molecular complexity index is 282. The van der Waals surface area contributed by atoms with Gasteiger partial charge in [-0.05, 0) is 37.6 Å². The Hall–Kier alpha value is -0.610. The van der Waals surface area contributed by atoms with Gasteiger partial charge in [0.1, 0.15) is 0 Å². The van der Waals surface area contributed by atoms with Crippen molar-refractivity contribution in [1.29, 1.82) is 0 Å². The molecular weight excluding hydrogens is 252 g/mol. The van der Waals surface area contributed by atoms with Crippen molar-refractivity contribution < 1.29 is 9.53 Å². The average molecular weight is 284 g/mol. The Kier molecular flexibility index (Phi) is 8.15. The monoisotopic (exact) mass is 284 g/mol. The molecule has 2 unspecified atom stereocenters. The topological polar surface area (TPSA) is 41.6 Å². The van der Waals surface area contributed by atoms with Crippen molar-refractivity contribution in [2.45, 2.75) is 52.5 Å². The van der Waals surface area contributed by atoms with Gasteiger partial charge < -0.3 is 10.1 Å². The number of likely N-dealkylation sites (tertiary alicyclic amines) is 1. The number of carbonyl (C=O) groups is 1. The van der Waals surface area contributed by atoms with E-state index in [0.717, 1.165) is 25.6 Å². The SMILES string of the molecule is CCCC1CC(NCCC(C)C)CN(CC(=O)OC)C1. The first-order valence-electron chi connectivity index (χ1n) is 8.07. The van der Waals surface area contributed by atoms with Crippen LogP contribution >= 0.6 is 0 Å². The largest absolute Gasteiger partial charge is 0.468 e. The molecule has 0 bridgehead atoms. The number of rotatable bonds is 8. The Labute approximate surface area is 124 Å². The summed E-state index contributed by atoms with van der Waals surface area (Å²) >= 11 is 0. The molecular formula is C16H32N2O2. The Morgan fingerprint density at radius 2 is 2.15 bits per heavy atom. The summed E-state index contributed by atoms with van der Waals surface area (Å²) in [6.07, 6.45) is 4.92. The van der Waals surface area contributed by atoms with E-state index in [9.17, 15) is 4.79 Å². The summed E-state index contributed by atoms with van der Waals surface area (Å²) in [5.74, 6) is 1.32. The number of hydrogen-bond acceptors (Lipinski definition) is 4. The van der Waals surface area contributed by atoms with Crippen LogP contribution in [-0.2, 0) is 9.53 Å². The van der Waals surface area contributed by atoms with Crippen LogP contribution in [0.1, 0.15) is 46.5 Å². The average Bonchev–Trinajstić information content (AvgIpc) is 2.38. The van der Waals surface area contributed by atoms with Gasteiger partial charge in [0.25, 0.3) is 0 Å². The zero-order valence-electron chi connectivity index (χ0n) is 13.7. The van der Waals surface area contributed by atoms with E-state index >= 15 is 0 Å². The number of carbonyl (C=O) groups excluding carboxylic acids is 1. The number of nitrogens with one attached hydrogen (secondary N) is 1. The van der Waals surface area contributed by atoms with E-state index in [1.54, 1.807) is 0 Å². The van der Waals surface area contributed by atoms with Crippen LogP contribution in [0.15, 0.2) is 0 Å². The molecule has 0 aromatic carbocycles. The van der Waals surface area contributed by atoms with Crippen molar-refractivity contribution in [3.8, 4) is 0 Å². The molecule has 1 saturated heterocycles. The van der Waals surface area contributed by atoms with Gasteiger partial charge in [-0.3, -0.25) is 9.69 Å². The van der Waals surface area contributed by atoms with Crippen molar-refractivity contribution in [2.24, 2.45) is 11.8 Å². The first-order valence-corrected chi connectivity index (χ1v) is 8.07. The molecule has 2 atom stereocenters. The van der Waals surface area contributed by atoms with Gasteiger partial charge in [-0.25, -0.2) is 0 Å². The molecule has 0 aliphatic carbocycles. The highest BCUT2D eigenvalue weighted by atomic mass is 16.5. The second-order valence-corrected chi connectivity index (χ2v) is 6.49. The van der Waals surface area contributed by atoms with Gasteiger partial charge in [-0.1, -0.05) is 27.2 Å².